The molecule has 0 amide bonds. The standard InChI is InChI=1S/C17H14O3/c1-19-16(18)10-13-8-5-9-14-15(11-20-17(13)14)12-6-3-2-4-7-12/h2-9,11H,10H2,1H3. The van der Waals surface area contributed by atoms with Crippen LogP contribution in [0.4, 0.5) is 0 Å². The predicted octanol–water partition coefficient (Wildman–Crippen LogP) is 3.82. The van der Waals surface area contributed by atoms with Gasteiger partial charge in [0.2, 0.25) is 0 Å². The number of ether oxygens (including phenoxy) is 1. The van der Waals surface area contributed by atoms with Crippen LogP contribution >= 0.6 is 0 Å². The van der Waals surface area contributed by atoms with Gasteiger partial charge >= 0.3 is 5.97 Å². The van der Waals surface area contributed by atoms with E-state index in [4.69, 9.17) is 9.15 Å². The van der Waals surface area contributed by atoms with Crippen LogP contribution in [0.15, 0.2) is 59.2 Å². The average molecular weight is 266 g/mol. The number of esters is 1. The van der Waals surface area contributed by atoms with Crippen LogP contribution in [0.25, 0.3) is 22.1 Å². The molecule has 0 unspecified atom stereocenters. The predicted molar refractivity (Wildman–Crippen MR) is 77.4 cm³/mol. The van der Waals surface area contributed by atoms with Crippen LogP contribution in [0.5, 0.6) is 0 Å². The first kappa shape index (κ1) is 12.5. The van der Waals surface area contributed by atoms with Gasteiger partial charge in [-0.15, -0.1) is 0 Å². The highest BCUT2D eigenvalue weighted by molar-refractivity contribution is 5.96. The Morgan fingerprint density at radius 3 is 2.65 bits per heavy atom. The van der Waals surface area contributed by atoms with Gasteiger partial charge in [-0.2, -0.15) is 0 Å². The molecule has 0 bridgehead atoms. The van der Waals surface area contributed by atoms with Crippen LogP contribution in [0, 0.1) is 0 Å². The second-order valence-electron chi connectivity index (χ2n) is 4.56. The van der Waals surface area contributed by atoms with Gasteiger partial charge in [0.1, 0.15) is 5.58 Å². The number of benzene rings is 2. The van der Waals surface area contributed by atoms with E-state index in [1.54, 1.807) is 6.26 Å². The molecule has 0 spiro atoms. The number of fused-ring (bicyclic) bond motifs is 1. The van der Waals surface area contributed by atoms with E-state index in [0.29, 0.717) is 0 Å². The minimum atomic E-state index is -0.268. The van der Waals surface area contributed by atoms with Crippen molar-refractivity contribution in [1.29, 1.82) is 0 Å². The third-order valence-electron chi connectivity index (χ3n) is 3.33. The highest BCUT2D eigenvalue weighted by atomic mass is 16.5. The van der Waals surface area contributed by atoms with Crippen LogP contribution in [0.1, 0.15) is 5.56 Å². The fraction of sp³-hybridized carbons (Fsp3) is 0.118. The summed E-state index contributed by atoms with van der Waals surface area (Å²) >= 11 is 0. The van der Waals surface area contributed by atoms with Gasteiger partial charge in [-0.3, -0.25) is 4.79 Å². The van der Waals surface area contributed by atoms with Crippen LogP contribution in [0.2, 0.25) is 0 Å². The smallest absolute Gasteiger partial charge is 0.310 e. The van der Waals surface area contributed by atoms with Crippen molar-refractivity contribution in [3.63, 3.8) is 0 Å². The normalized spacial score (nSPS) is 10.7. The van der Waals surface area contributed by atoms with E-state index in [1.807, 2.05) is 48.5 Å². The summed E-state index contributed by atoms with van der Waals surface area (Å²) in [7, 11) is 1.39. The van der Waals surface area contributed by atoms with Crippen molar-refractivity contribution in [3.8, 4) is 11.1 Å². The van der Waals surface area contributed by atoms with Gasteiger partial charge in [-0.25, -0.2) is 0 Å². The molecule has 100 valence electrons. The molecule has 3 aromatic rings. The fourth-order valence-electron chi connectivity index (χ4n) is 2.33. The molecule has 0 atom stereocenters. The van der Waals surface area contributed by atoms with Crippen molar-refractivity contribution in [2.75, 3.05) is 7.11 Å². The number of furan rings is 1. The van der Waals surface area contributed by atoms with E-state index in [2.05, 4.69) is 0 Å². The Kier molecular flexibility index (Phi) is 3.25. The number of hydrogen-bond acceptors (Lipinski definition) is 3. The zero-order valence-corrected chi connectivity index (χ0v) is 11.1. The number of carbonyl (C=O) groups is 1. The maximum Gasteiger partial charge on any atom is 0.310 e. The average Bonchev–Trinajstić information content (AvgIpc) is 2.93. The summed E-state index contributed by atoms with van der Waals surface area (Å²) < 4.78 is 10.4. The molecule has 3 heteroatoms. The first-order chi connectivity index (χ1) is 9.79. The topological polar surface area (TPSA) is 39.4 Å². The first-order valence-electron chi connectivity index (χ1n) is 6.41. The maximum absolute atomic E-state index is 11.4. The Hall–Kier alpha value is -2.55. The number of para-hydroxylation sites is 1. The van der Waals surface area contributed by atoms with Crippen molar-refractivity contribution in [2.24, 2.45) is 0 Å². The van der Waals surface area contributed by atoms with Crippen molar-refractivity contribution in [2.45, 2.75) is 6.42 Å². The van der Waals surface area contributed by atoms with E-state index in [9.17, 15) is 4.79 Å². The summed E-state index contributed by atoms with van der Waals surface area (Å²) in [6.45, 7) is 0. The molecule has 2 aromatic carbocycles. The SMILES string of the molecule is COC(=O)Cc1cccc2c(-c3ccccc3)coc12. The third-order valence-corrected chi connectivity index (χ3v) is 3.33. The van der Waals surface area contributed by atoms with Gasteiger partial charge in [-0.05, 0) is 5.56 Å². The summed E-state index contributed by atoms with van der Waals surface area (Å²) in [5.41, 5.74) is 3.72. The molecule has 0 N–H and O–H groups in total. The second-order valence-corrected chi connectivity index (χ2v) is 4.56. The molecule has 3 nitrogen and oxygen atoms in total. The van der Waals surface area contributed by atoms with Crippen LogP contribution < -0.4 is 0 Å². The number of carbonyl (C=O) groups excluding carboxylic acids is 1. The van der Waals surface area contributed by atoms with Crippen LogP contribution in [0.3, 0.4) is 0 Å². The molecule has 0 aliphatic rings. The summed E-state index contributed by atoms with van der Waals surface area (Å²) in [6, 6.07) is 15.9. The minimum absolute atomic E-state index is 0.218. The lowest BCUT2D eigenvalue weighted by molar-refractivity contribution is -0.139. The Morgan fingerprint density at radius 1 is 1.10 bits per heavy atom. The number of rotatable bonds is 3. The van der Waals surface area contributed by atoms with E-state index in [1.165, 1.54) is 7.11 Å². The maximum atomic E-state index is 11.4. The Labute approximate surface area is 116 Å². The quantitative estimate of drug-likeness (QED) is 0.677. The lowest BCUT2D eigenvalue weighted by Gasteiger charge is -2.02. The molecule has 1 heterocycles. The third kappa shape index (κ3) is 2.18. The molecule has 0 saturated heterocycles. The molecule has 0 radical (unpaired) electrons. The monoisotopic (exact) mass is 266 g/mol. The summed E-state index contributed by atoms with van der Waals surface area (Å²) in [5, 5.41) is 1.01. The zero-order valence-electron chi connectivity index (χ0n) is 11.1. The van der Waals surface area contributed by atoms with Gasteiger partial charge in [0.25, 0.3) is 0 Å². The van der Waals surface area contributed by atoms with Crippen LogP contribution in [-0.4, -0.2) is 13.1 Å². The Morgan fingerprint density at radius 2 is 1.90 bits per heavy atom. The van der Waals surface area contributed by atoms with Gasteiger partial charge in [0.05, 0.1) is 19.8 Å². The van der Waals surface area contributed by atoms with E-state index in [0.717, 1.165) is 27.7 Å². The molecule has 0 saturated carbocycles. The highest BCUT2D eigenvalue weighted by Gasteiger charge is 2.13. The largest absolute Gasteiger partial charge is 0.469 e. The van der Waals surface area contributed by atoms with Gasteiger partial charge in [0, 0.05) is 16.5 Å². The van der Waals surface area contributed by atoms with E-state index >= 15 is 0 Å². The van der Waals surface area contributed by atoms with Gasteiger partial charge in [-0.1, -0.05) is 48.5 Å². The van der Waals surface area contributed by atoms with Crippen molar-refractivity contribution in [3.05, 3.63) is 60.4 Å². The molecule has 0 fully saturated rings. The molecule has 1 aromatic heterocycles. The van der Waals surface area contributed by atoms with Crippen molar-refractivity contribution < 1.29 is 13.9 Å². The van der Waals surface area contributed by atoms with Crippen molar-refractivity contribution in [1.82, 2.24) is 0 Å². The Bertz CT molecular complexity index is 741. The molecular weight excluding hydrogens is 252 g/mol. The number of methoxy groups -OCH3 is 1. The molecule has 0 aliphatic heterocycles. The van der Waals surface area contributed by atoms with Crippen LogP contribution in [-0.2, 0) is 16.0 Å². The second kappa shape index (κ2) is 5.21. The molecular formula is C17H14O3. The van der Waals surface area contributed by atoms with E-state index < -0.39 is 0 Å². The highest BCUT2D eigenvalue weighted by Crippen LogP contribution is 2.32. The fourth-order valence-corrected chi connectivity index (χ4v) is 2.33. The summed E-state index contributed by atoms with van der Waals surface area (Å²) in [5.74, 6) is -0.268. The zero-order chi connectivity index (χ0) is 13.9. The Balaban J connectivity index is 2.10. The van der Waals surface area contributed by atoms with Gasteiger partial charge in [0.15, 0.2) is 0 Å². The molecule has 0 aliphatic carbocycles. The molecule has 3 rings (SSSR count). The van der Waals surface area contributed by atoms with Crippen molar-refractivity contribution >= 4 is 16.9 Å². The lowest BCUT2D eigenvalue weighted by atomic mass is 10.0. The summed E-state index contributed by atoms with van der Waals surface area (Å²) in [6.07, 6.45) is 1.95. The van der Waals surface area contributed by atoms with E-state index in [-0.39, 0.29) is 12.4 Å². The molecule has 20 heavy (non-hydrogen) atoms. The first-order valence-corrected chi connectivity index (χ1v) is 6.41. The van der Waals surface area contributed by atoms with Gasteiger partial charge < -0.3 is 9.15 Å². The number of hydrogen-bond donors (Lipinski definition) is 0. The lowest BCUT2D eigenvalue weighted by Crippen LogP contribution is -2.04. The summed E-state index contributed by atoms with van der Waals surface area (Å²) in [4.78, 5) is 11.4. The minimum Gasteiger partial charge on any atom is -0.469 e.